The van der Waals surface area contributed by atoms with Crippen molar-refractivity contribution in [2.45, 2.75) is 162 Å². The van der Waals surface area contributed by atoms with Gasteiger partial charge in [-0.25, -0.2) is 74.5 Å². The quantitative estimate of drug-likeness (QED) is 0.0267. The third-order valence-electron chi connectivity index (χ3n) is 16.2. The van der Waals surface area contributed by atoms with E-state index in [-0.39, 0.29) is 147 Å². The van der Waals surface area contributed by atoms with Crippen molar-refractivity contribution in [2.24, 2.45) is 0 Å². The monoisotopic (exact) mass is 2400 g/mol. The molecule has 0 aliphatic rings. The SMILES string of the molecule is CCOCC.CCOCC.CCOCC.CCOCC.CN(C)C=O.CN(C)C=O.Cc1ccc([O-])c(CN(Cc2ccccn2)Cc2cccc(CN(Cc3ccccn3)Cc3cc(C)ccc3[O-])n2)c1.Cc1ccc([O-])c(CN(Cc2ccccn2)Cc2cccc(CN(Cc3ccccn3)Cc3cc(C)ccc3[O-])n2)c1.[Cu+2].[Cu+2].[Cu+2].[Cu+2].[Cu+2].[Cu+2].[O-][Cl+3]([O-])([O-])[O-].[O-][Cl+3]([O-])([O-])[O-].[O-][Cl+3]([O-])([O-])[O-].[O-][Cl+3]([O-])([O-])[O-].[OH-].[OH-].[OH-].[OH-]. The molecule has 6 aromatic heterocycles. The molecule has 2 amide bonds. The van der Waals surface area contributed by atoms with Crippen LogP contribution < -0.4 is 95.0 Å². The Morgan fingerprint density at radius 1 is 0.250 bits per heavy atom. The van der Waals surface area contributed by atoms with E-state index >= 15 is 0 Å². The summed E-state index contributed by atoms with van der Waals surface area (Å²) in [6.45, 7) is 37.2. The van der Waals surface area contributed by atoms with E-state index in [1.807, 2.05) is 241 Å². The first-order valence-electron chi connectivity index (χ1n) is 41.5. The summed E-state index contributed by atoms with van der Waals surface area (Å²) in [5.41, 5.74) is 14.6. The van der Waals surface area contributed by atoms with Crippen LogP contribution in [0.4, 0.5) is 0 Å². The fraction of sp³-hybridized carbons (Fsp3) is 0.391. The molecule has 0 aliphatic carbocycles. The van der Waals surface area contributed by atoms with Gasteiger partial charge in [0, 0.05) is 184 Å². The summed E-state index contributed by atoms with van der Waals surface area (Å²) in [4.78, 5) is 58.6. The van der Waals surface area contributed by atoms with E-state index < -0.39 is 41.0 Å². The molecule has 6 heterocycles. The number of nitrogens with zero attached hydrogens (tertiary/aromatic N) is 12. The number of amides is 2. The maximum atomic E-state index is 12.6. The zero-order valence-electron chi connectivity index (χ0n) is 82.0. The molecule has 52 heteroatoms. The van der Waals surface area contributed by atoms with Crippen LogP contribution in [0.2, 0.25) is 0 Å². The minimum Gasteiger partial charge on any atom is -0.872 e. The Morgan fingerprint density at radius 2 is 0.396 bits per heavy atom. The number of carbonyl (C=O) groups excluding carboxylic acids is 2. The summed E-state index contributed by atoms with van der Waals surface area (Å²) >= 11 is 0. The fourth-order valence-corrected chi connectivity index (χ4v) is 11.0. The third-order valence-corrected chi connectivity index (χ3v) is 16.2. The van der Waals surface area contributed by atoms with Gasteiger partial charge in [-0.3, -0.25) is 59.1 Å². The minimum atomic E-state index is -4.94. The van der Waals surface area contributed by atoms with E-state index in [0.717, 1.165) is 156 Å². The zero-order valence-corrected chi connectivity index (χ0v) is 90.7. The standard InChI is InChI=1S/2C35H37N5O2.4C4H10O.2C3H7NO.4ClHO4.6Cu.4H2O/c2*1-26-12-14-34(41)28(18-26)20-39(22-30-8-3-5-16-36-30)24-32-10-7-11-33(38-32)25-40(23-31-9-4-6-17-37-31)21-29-19-27(2)13-15-35(29)42;4*1-3-5-4-2;2*1-4(2)3-5;4*2-1(3,4)5;;;;;;;;;;/h2*3-19,41-42H,20-25H2,1-2H3;4*3-4H2,1-2H3;2*3H,1-2H3;4*(H,2,3,4,5);;;;;;;4*1H2/q;;;;;;;;;;;;6*+2;;;;/p-12. The molecule has 0 aliphatic heterocycles. The molecule has 0 fully saturated rings. The second-order valence-corrected chi connectivity index (χ2v) is 31.3. The third kappa shape index (κ3) is 98.4. The maximum Gasteiger partial charge on any atom is 2.00 e. The van der Waals surface area contributed by atoms with Gasteiger partial charge >= 0.3 is 102 Å². The van der Waals surface area contributed by atoms with Crippen LogP contribution in [0.25, 0.3) is 0 Å². The Kier molecular flexibility index (Phi) is 108. The van der Waals surface area contributed by atoms with Gasteiger partial charge in [-0.05, 0) is 178 Å². The zero-order chi connectivity index (χ0) is 102. The second-order valence-electron chi connectivity index (χ2n) is 28.3. The van der Waals surface area contributed by atoms with E-state index in [1.54, 1.807) is 77.2 Å². The van der Waals surface area contributed by atoms with Crippen LogP contribution in [0.5, 0.6) is 23.0 Å². The predicted molar refractivity (Wildman–Crippen MR) is 456 cm³/mol. The first-order valence-corrected chi connectivity index (χ1v) is 46.4. The van der Waals surface area contributed by atoms with E-state index in [2.05, 4.69) is 39.5 Å². The van der Waals surface area contributed by atoms with Crippen molar-refractivity contribution in [1.29, 1.82) is 0 Å². The summed E-state index contributed by atoms with van der Waals surface area (Å²) in [5.74, 6) is 0.138. The molecule has 4 aromatic carbocycles. The van der Waals surface area contributed by atoms with Gasteiger partial charge in [0.1, 0.15) is 0 Å². The van der Waals surface area contributed by atoms with Crippen molar-refractivity contribution >= 4 is 12.8 Å². The molecule has 4 N–H and O–H groups in total. The van der Waals surface area contributed by atoms with E-state index in [9.17, 15) is 30.0 Å². The average Bonchev–Trinajstić information content (AvgIpc) is 0.676. The van der Waals surface area contributed by atoms with Gasteiger partial charge in [0.25, 0.3) is 0 Å². The molecule has 144 heavy (non-hydrogen) atoms. The summed E-state index contributed by atoms with van der Waals surface area (Å²) in [6, 6.07) is 57.4. The van der Waals surface area contributed by atoms with Crippen LogP contribution in [-0.2, 0) is 209 Å². The molecule has 0 spiro atoms. The number of aromatic nitrogens is 6. The number of rotatable bonds is 34. The summed E-state index contributed by atoms with van der Waals surface area (Å²) in [5, 5.41) is 50.6. The average molecular weight is 2410 g/mol. The van der Waals surface area contributed by atoms with Crippen molar-refractivity contribution in [3.8, 4) is 23.0 Å². The molecule has 0 unspecified atom stereocenters. The predicted octanol–water partition coefficient (Wildman–Crippen LogP) is -6.09. The summed E-state index contributed by atoms with van der Waals surface area (Å²) in [6.07, 6.45) is 8.65. The number of hydrogen-bond donors (Lipinski definition) is 0. The van der Waals surface area contributed by atoms with Gasteiger partial charge in [0.2, 0.25) is 12.8 Å². The Morgan fingerprint density at radius 3 is 0.521 bits per heavy atom. The molecule has 0 saturated heterocycles. The van der Waals surface area contributed by atoms with Gasteiger partial charge < -0.3 is 71.1 Å². The molecule has 0 atom stereocenters. The van der Waals surface area contributed by atoms with Crippen molar-refractivity contribution in [3.05, 3.63) is 297 Å². The second kappa shape index (κ2) is 95.7. The number of pyridine rings is 6. The minimum absolute atomic E-state index is 0. The van der Waals surface area contributed by atoms with Crippen LogP contribution >= 0.6 is 0 Å². The summed E-state index contributed by atoms with van der Waals surface area (Å²) < 4.78 is 155. The fourth-order valence-electron chi connectivity index (χ4n) is 11.0. The Balaban J connectivity index is -0.000000157. The molecule has 42 nitrogen and oxygen atoms in total. The number of aryl methyl sites for hydroxylation is 4. The molecule has 0 bridgehead atoms. The molecule has 0 saturated carbocycles. The Bertz CT molecular complexity index is 4100. The van der Waals surface area contributed by atoms with Gasteiger partial charge in [-0.2, -0.15) is 0 Å². The Labute approximate surface area is 916 Å². The van der Waals surface area contributed by atoms with E-state index in [0.29, 0.717) is 78.5 Å². The number of benzene rings is 4. The molecule has 10 rings (SSSR count). The van der Waals surface area contributed by atoms with Crippen LogP contribution in [0, 0.1) is 68.7 Å². The number of halogens is 4. The summed E-state index contributed by atoms with van der Waals surface area (Å²) in [7, 11) is -13.0. The number of ether oxygens (including phenoxy) is 4. The first kappa shape index (κ1) is 162. The van der Waals surface area contributed by atoms with Crippen molar-refractivity contribution < 1.29 is 289 Å². The smallest absolute Gasteiger partial charge is 0.872 e. The van der Waals surface area contributed by atoms with Gasteiger partial charge in [0.15, 0.2) is 0 Å². The molecule has 10 aromatic rings. The van der Waals surface area contributed by atoms with Crippen LogP contribution in [-0.4, -0.2) is 175 Å². The molecular formula is C92H128Cl4Cu6N12O30. The molecular weight excluding hydrogens is 2280 g/mol. The molecule has 830 valence electrons. The first-order chi connectivity index (χ1) is 63.0. The van der Waals surface area contributed by atoms with Crippen molar-refractivity contribution in [1.82, 2.24) is 59.3 Å². The normalized spacial score (nSPS) is 9.92. The van der Waals surface area contributed by atoms with Gasteiger partial charge in [0.05, 0.1) is 45.6 Å². The van der Waals surface area contributed by atoms with Gasteiger partial charge in [-0.1, -0.05) is 131 Å². The Hall–Kier alpha value is -6.92. The van der Waals surface area contributed by atoms with E-state index in [4.69, 9.17) is 103 Å². The van der Waals surface area contributed by atoms with E-state index in [1.165, 1.54) is 9.80 Å². The topological polar surface area (TPSA) is 749 Å². The van der Waals surface area contributed by atoms with Crippen molar-refractivity contribution in [3.63, 3.8) is 0 Å². The maximum absolute atomic E-state index is 12.6. The van der Waals surface area contributed by atoms with Gasteiger partial charge in [-0.15, -0.1) is 64.0 Å². The van der Waals surface area contributed by atoms with Crippen LogP contribution in [0.1, 0.15) is 145 Å². The largest absolute Gasteiger partial charge is 2.00 e. The van der Waals surface area contributed by atoms with Crippen LogP contribution in [0.3, 0.4) is 0 Å². The van der Waals surface area contributed by atoms with Crippen molar-refractivity contribution in [2.75, 3.05) is 81.0 Å². The molecule has 6 radical (unpaired) electrons. The number of hydrogen-bond acceptors (Lipinski definition) is 40. The van der Waals surface area contributed by atoms with Crippen LogP contribution in [0.15, 0.2) is 207 Å². The number of carbonyl (C=O) groups is 2.